The molecule has 4 aliphatic rings. The summed E-state index contributed by atoms with van der Waals surface area (Å²) in [5.74, 6) is 4.10. The van der Waals surface area contributed by atoms with Crippen LogP contribution in [0.15, 0.2) is 11.8 Å². The van der Waals surface area contributed by atoms with Gasteiger partial charge in [0, 0.05) is 17.7 Å². The Morgan fingerprint density at radius 1 is 1.07 bits per heavy atom. The Bertz CT molecular complexity index is 309. The van der Waals surface area contributed by atoms with Crippen LogP contribution >= 0.6 is 0 Å². The second kappa shape index (κ2) is 3.27. The van der Waals surface area contributed by atoms with Crippen molar-refractivity contribution >= 4 is 0 Å². The molecule has 2 nitrogen and oxygen atoms in total. The van der Waals surface area contributed by atoms with Crippen LogP contribution in [0.25, 0.3) is 0 Å². The van der Waals surface area contributed by atoms with Gasteiger partial charge in [0.1, 0.15) is 0 Å². The molecule has 4 fully saturated rings. The monoisotopic (exact) mass is 202 g/mol. The van der Waals surface area contributed by atoms with Crippen molar-refractivity contribution in [1.29, 1.82) is 5.26 Å². The fourth-order valence-electron chi connectivity index (χ4n) is 4.64. The highest BCUT2D eigenvalue weighted by Crippen LogP contribution is 2.57. The van der Waals surface area contributed by atoms with Crippen LogP contribution in [0.4, 0.5) is 0 Å². The van der Waals surface area contributed by atoms with E-state index >= 15 is 0 Å². The minimum absolute atomic E-state index is 0.539. The van der Waals surface area contributed by atoms with E-state index < -0.39 is 0 Å². The smallest absolute Gasteiger partial charge is 0.0930 e. The number of rotatable bonds is 1. The van der Waals surface area contributed by atoms with Crippen LogP contribution in [-0.2, 0) is 0 Å². The summed E-state index contributed by atoms with van der Waals surface area (Å²) in [6, 6.07) is 2.09. The van der Waals surface area contributed by atoms with Gasteiger partial charge < -0.3 is 5.73 Å². The zero-order chi connectivity index (χ0) is 10.4. The van der Waals surface area contributed by atoms with Crippen LogP contribution < -0.4 is 5.73 Å². The maximum absolute atomic E-state index is 8.68. The van der Waals surface area contributed by atoms with Crippen molar-refractivity contribution in [2.24, 2.45) is 35.3 Å². The van der Waals surface area contributed by atoms with E-state index in [1.807, 2.05) is 0 Å². The van der Waals surface area contributed by atoms with Crippen LogP contribution in [0.5, 0.6) is 0 Å². The molecule has 15 heavy (non-hydrogen) atoms. The van der Waals surface area contributed by atoms with Crippen LogP contribution in [0.3, 0.4) is 0 Å². The van der Waals surface area contributed by atoms with Crippen LogP contribution in [0.2, 0.25) is 0 Å². The quantitative estimate of drug-likeness (QED) is 0.664. The minimum Gasteiger partial charge on any atom is -0.401 e. The van der Waals surface area contributed by atoms with E-state index in [1.54, 1.807) is 6.08 Å². The molecule has 0 heterocycles. The highest BCUT2D eigenvalue weighted by molar-refractivity contribution is 5.18. The molecule has 0 aromatic rings. The Kier molecular flexibility index (Phi) is 2.02. The number of hydrogen-bond donors (Lipinski definition) is 1. The summed E-state index contributed by atoms with van der Waals surface area (Å²) in [4.78, 5) is 0. The topological polar surface area (TPSA) is 49.8 Å². The summed E-state index contributed by atoms with van der Waals surface area (Å²) in [6.45, 7) is 0. The second-order valence-electron chi connectivity index (χ2n) is 5.73. The van der Waals surface area contributed by atoms with E-state index in [2.05, 4.69) is 6.07 Å². The molecule has 4 aliphatic carbocycles. The van der Waals surface area contributed by atoms with Crippen molar-refractivity contribution < 1.29 is 0 Å². The van der Waals surface area contributed by atoms with Crippen LogP contribution in [-0.4, -0.2) is 0 Å². The normalized spacial score (nSPS) is 47.9. The SMILES string of the molecule is N#C/C=C(\N)C1C2CC3CC(C2)CC1C3. The lowest BCUT2D eigenvalue weighted by Crippen LogP contribution is -2.46. The Labute approximate surface area is 91.1 Å². The molecule has 4 saturated carbocycles. The molecule has 0 unspecified atom stereocenters. The van der Waals surface area contributed by atoms with E-state index in [9.17, 15) is 0 Å². The third-order valence-corrected chi connectivity index (χ3v) is 4.84. The third-order valence-electron chi connectivity index (χ3n) is 4.84. The Hall–Kier alpha value is -0.970. The van der Waals surface area contributed by atoms with Gasteiger partial charge >= 0.3 is 0 Å². The van der Waals surface area contributed by atoms with Crippen molar-refractivity contribution in [2.75, 3.05) is 0 Å². The van der Waals surface area contributed by atoms with Gasteiger partial charge in [-0.2, -0.15) is 5.26 Å². The molecule has 80 valence electrons. The first-order valence-corrected chi connectivity index (χ1v) is 6.13. The van der Waals surface area contributed by atoms with Crippen molar-refractivity contribution in [1.82, 2.24) is 0 Å². The first-order valence-electron chi connectivity index (χ1n) is 6.13. The standard InChI is InChI=1S/C13H18N2/c14-2-1-12(15)13-10-4-8-3-9(6-10)7-11(13)5-8/h1,8-11,13H,3-7,15H2/b12-1-. The predicted octanol–water partition coefficient (Wildman–Crippen LogP) is 2.42. The second-order valence-corrected chi connectivity index (χ2v) is 5.73. The molecule has 4 rings (SSSR count). The molecular weight excluding hydrogens is 184 g/mol. The van der Waals surface area contributed by atoms with Crippen molar-refractivity contribution in [3.8, 4) is 6.07 Å². The molecule has 0 amide bonds. The minimum atomic E-state index is 0.539. The summed E-state index contributed by atoms with van der Waals surface area (Å²) < 4.78 is 0. The first-order chi connectivity index (χ1) is 7.28. The van der Waals surface area contributed by atoms with Gasteiger partial charge in [-0.25, -0.2) is 0 Å². The van der Waals surface area contributed by atoms with Gasteiger partial charge in [0.05, 0.1) is 6.07 Å². The zero-order valence-corrected chi connectivity index (χ0v) is 9.02. The number of nitriles is 1. The van der Waals surface area contributed by atoms with Crippen LogP contribution in [0.1, 0.15) is 32.1 Å². The summed E-state index contributed by atoms with van der Waals surface area (Å²) in [5.41, 5.74) is 6.92. The van der Waals surface area contributed by atoms with Crippen molar-refractivity contribution in [3.05, 3.63) is 11.8 Å². The molecule has 0 aliphatic heterocycles. The highest BCUT2D eigenvalue weighted by Gasteiger charge is 2.48. The molecule has 0 spiro atoms. The van der Waals surface area contributed by atoms with Gasteiger partial charge in [-0.05, 0) is 55.8 Å². The molecule has 2 heteroatoms. The summed E-state index contributed by atoms with van der Waals surface area (Å²) >= 11 is 0. The molecule has 0 aromatic heterocycles. The van der Waals surface area contributed by atoms with Gasteiger partial charge in [-0.1, -0.05) is 0 Å². The van der Waals surface area contributed by atoms with Gasteiger partial charge in [0.2, 0.25) is 0 Å². The predicted molar refractivity (Wildman–Crippen MR) is 58.4 cm³/mol. The van der Waals surface area contributed by atoms with E-state index in [1.165, 1.54) is 32.1 Å². The maximum atomic E-state index is 8.68. The van der Waals surface area contributed by atoms with E-state index in [4.69, 9.17) is 11.0 Å². The first kappa shape index (κ1) is 9.27. The van der Waals surface area contributed by atoms with Gasteiger partial charge in [-0.15, -0.1) is 0 Å². The number of nitrogens with two attached hydrogens (primary N) is 1. The molecule has 0 radical (unpaired) electrons. The number of allylic oxidation sites excluding steroid dienone is 2. The molecule has 2 N–H and O–H groups in total. The lowest BCUT2D eigenvalue weighted by molar-refractivity contribution is -0.0212. The average Bonchev–Trinajstić information content (AvgIpc) is 2.15. The van der Waals surface area contributed by atoms with Gasteiger partial charge in [0.25, 0.3) is 0 Å². The molecular formula is C13H18N2. The Morgan fingerprint density at radius 3 is 2.07 bits per heavy atom. The molecule has 4 bridgehead atoms. The number of hydrogen-bond acceptors (Lipinski definition) is 2. The lowest BCUT2D eigenvalue weighted by Gasteiger charge is -2.54. The summed E-state index contributed by atoms with van der Waals surface area (Å²) in [6.07, 6.45) is 8.54. The van der Waals surface area contributed by atoms with Crippen molar-refractivity contribution in [3.63, 3.8) is 0 Å². The molecule has 0 aromatic carbocycles. The Balaban J connectivity index is 1.86. The van der Waals surface area contributed by atoms with Gasteiger partial charge in [0.15, 0.2) is 0 Å². The lowest BCUT2D eigenvalue weighted by atomic mass is 9.51. The van der Waals surface area contributed by atoms with E-state index in [0.717, 1.165) is 29.4 Å². The summed E-state index contributed by atoms with van der Waals surface area (Å²) in [5, 5.41) is 8.68. The fraction of sp³-hybridized carbons (Fsp3) is 0.769. The number of nitrogens with zero attached hydrogens (tertiary/aromatic N) is 1. The van der Waals surface area contributed by atoms with E-state index in [0.29, 0.717) is 5.92 Å². The average molecular weight is 202 g/mol. The third kappa shape index (κ3) is 1.37. The maximum Gasteiger partial charge on any atom is 0.0930 e. The Morgan fingerprint density at radius 2 is 1.60 bits per heavy atom. The highest BCUT2D eigenvalue weighted by atomic mass is 14.7. The molecule has 0 saturated heterocycles. The van der Waals surface area contributed by atoms with Crippen LogP contribution in [0, 0.1) is 40.9 Å². The zero-order valence-electron chi connectivity index (χ0n) is 9.02. The fourth-order valence-corrected chi connectivity index (χ4v) is 4.64. The van der Waals surface area contributed by atoms with E-state index in [-0.39, 0.29) is 0 Å². The summed E-state index contributed by atoms with van der Waals surface area (Å²) in [7, 11) is 0. The van der Waals surface area contributed by atoms with Crippen molar-refractivity contribution in [2.45, 2.75) is 32.1 Å². The van der Waals surface area contributed by atoms with Gasteiger partial charge in [-0.3, -0.25) is 0 Å². The largest absolute Gasteiger partial charge is 0.401 e. The molecule has 0 atom stereocenters.